The van der Waals surface area contributed by atoms with Gasteiger partial charge in [0.05, 0.1) is 12.9 Å². The lowest BCUT2D eigenvalue weighted by Crippen LogP contribution is -2.33. The molecule has 1 aromatic heterocycles. The first-order valence-corrected chi connectivity index (χ1v) is 11.6. The van der Waals surface area contributed by atoms with Gasteiger partial charge in [0.15, 0.2) is 0 Å². The number of thiophene rings is 1. The topological polar surface area (TPSA) is 108 Å². The van der Waals surface area contributed by atoms with Gasteiger partial charge in [0, 0.05) is 11.4 Å². The van der Waals surface area contributed by atoms with Crippen LogP contribution >= 0.6 is 11.3 Å². The molecule has 1 atom stereocenters. The summed E-state index contributed by atoms with van der Waals surface area (Å²) in [6.07, 6.45) is 0.500. The number of carbonyl (C=O) groups excluding carboxylic acids is 2. The van der Waals surface area contributed by atoms with Crippen molar-refractivity contribution in [3.05, 3.63) is 21.4 Å². The normalized spacial score (nSPS) is 13.1. The summed E-state index contributed by atoms with van der Waals surface area (Å²) in [4.78, 5) is 24.7. The van der Waals surface area contributed by atoms with E-state index >= 15 is 0 Å². The molecule has 28 heavy (non-hydrogen) atoms. The van der Waals surface area contributed by atoms with Crippen LogP contribution in [0.1, 0.15) is 66.8 Å². The minimum absolute atomic E-state index is 0.255. The first-order chi connectivity index (χ1) is 12.8. The molecule has 0 aromatic carbocycles. The standard InChI is InChI=1S/C18H29NO7S2/c1-7-24-16(20)14-11-12(2)15(27-14)13(26-28(6,22)23)9-8-10-19-17(21)25-18(3,4)5/h11,13H,7-10H2,1-6H3,(H,19,21). The van der Waals surface area contributed by atoms with Crippen molar-refractivity contribution in [3.8, 4) is 0 Å². The van der Waals surface area contributed by atoms with Gasteiger partial charge < -0.3 is 14.8 Å². The van der Waals surface area contributed by atoms with Gasteiger partial charge in [0.2, 0.25) is 0 Å². The van der Waals surface area contributed by atoms with Crippen molar-refractivity contribution in [2.75, 3.05) is 19.4 Å². The van der Waals surface area contributed by atoms with Gasteiger partial charge in [-0.3, -0.25) is 4.18 Å². The molecular weight excluding hydrogens is 406 g/mol. The lowest BCUT2D eigenvalue weighted by molar-refractivity contribution is 0.0517. The second-order valence-electron chi connectivity index (χ2n) is 7.24. The van der Waals surface area contributed by atoms with Crippen LogP contribution in [0.15, 0.2) is 6.07 Å². The van der Waals surface area contributed by atoms with E-state index in [-0.39, 0.29) is 6.61 Å². The second-order valence-corrected chi connectivity index (χ2v) is 9.92. The largest absolute Gasteiger partial charge is 0.462 e. The third-order valence-electron chi connectivity index (χ3n) is 3.33. The smallest absolute Gasteiger partial charge is 0.407 e. The number of alkyl carbamates (subject to hydrolysis) is 1. The molecule has 1 aromatic rings. The average Bonchev–Trinajstić information content (AvgIpc) is 2.90. The molecule has 0 aliphatic carbocycles. The number of nitrogens with one attached hydrogen (secondary N) is 1. The molecule has 0 radical (unpaired) electrons. The first-order valence-electron chi connectivity index (χ1n) is 8.95. The Hall–Kier alpha value is -1.65. The van der Waals surface area contributed by atoms with E-state index in [1.54, 1.807) is 40.7 Å². The lowest BCUT2D eigenvalue weighted by atomic mass is 10.1. The van der Waals surface area contributed by atoms with Crippen molar-refractivity contribution in [2.24, 2.45) is 0 Å². The summed E-state index contributed by atoms with van der Waals surface area (Å²) in [7, 11) is -3.71. The Bertz CT molecular complexity index is 778. The SMILES string of the molecule is CCOC(=O)c1cc(C)c(C(CCCNC(=O)OC(C)(C)C)OS(C)(=O)=O)s1. The molecule has 0 saturated heterocycles. The van der Waals surface area contributed by atoms with Crippen LogP contribution in [0, 0.1) is 6.92 Å². The van der Waals surface area contributed by atoms with E-state index in [0.717, 1.165) is 23.2 Å². The lowest BCUT2D eigenvalue weighted by Gasteiger charge is -2.20. The Balaban J connectivity index is 2.80. The molecule has 1 heterocycles. The van der Waals surface area contributed by atoms with E-state index in [1.165, 1.54) is 0 Å². The minimum Gasteiger partial charge on any atom is -0.462 e. The van der Waals surface area contributed by atoms with Crippen molar-refractivity contribution in [3.63, 3.8) is 0 Å². The maximum Gasteiger partial charge on any atom is 0.407 e. The highest BCUT2D eigenvalue weighted by atomic mass is 32.2. The number of amides is 1. The van der Waals surface area contributed by atoms with Crippen LogP contribution in [0.25, 0.3) is 0 Å². The molecule has 0 bridgehead atoms. The van der Waals surface area contributed by atoms with Crippen molar-refractivity contribution < 1.29 is 31.7 Å². The zero-order valence-electron chi connectivity index (χ0n) is 17.2. The molecule has 1 unspecified atom stereocenters. The number of hydrogen-bond donors (Lipinski definition) is 1. The molecule has 160 valence electrons. The quantitative estimate of drug-likeness (QED) is 0.359. The van der Waals surface area contributed by atoms with E-state index in [4.69, 9.17) is 13.7 Å². The van der Waals surface area contributed by atoms with Gasteiger partial charge in [-0.25, -0.2) is 9.59 Å². The number of hydrogen-bond acceptors (Lipinski definition) is 8. The van der Waals surface area contributed by atoms with E-state index in [9.17, 15) is 18.0 Å². The van der Waals surface area contributed by atoms with Gasteiger partial charge in [-0.2, -0.15) is 8.42 Å². The summed E-state index contributed by atoms with van der Waals surface area (Å²) in [6, 6.07) is 1.66. The molecule has 0 saturated carbocycles. The Kier molecular flexibility index (Phi) is 8.90. The first kappa shape index (κ1) is 24.4. The van der Waals surface area contributed by atoms with E-state index < -0.39 is 33.9 Å². The predicted octanol–water partition coefficient (Wildman–Crippen LogP) is 3.56. The number of ether oxygens (including phenoxy) is 2. The summed E-state index contributed by atoms with van der Waals surface area (Å²) in [5.41, 5.74) is 0.158. The zero-order valence-corrected chi connectivity index (χ0v) is 18.8. The number of aryl methyl sites for hydroxylation is 1. The van der Waals surface area contributed by atoms with Gasteiger partial charge >= 0.3 is 12.1 Å². The number of rotatable bonds is 9. The summed E-state index contributed by atoms with van der Waals surface area (Å²) in [5, 5.41) is 2.63. The van der Waals surface area contributed by atoms with Crippen molar-refractivity contribution in [1.82, 2.24) is 5.32 Å². The van der Waals surface area contributed by atoms with Crippen LogP contribution in [0.4, 0.5) is 4.79 Å². The molecule has 1 rings (SSSR count). The minimum atomic E-state index is -3.71. The Morgan fingerprint density at radius 2 is 1.93 bits per heavy atom. The van der Waals surface area contributed by atoms with Gasteiger partial charge in [-0.1, -0.05) is 0 Å². The molecule has 10 heteroatoms. The summed E-state index contributed by atoms with van der Waals surface area (Å²) in [6.45, 7) is 9.35. The van der Waals surface area contributed by atoms with Crippen LogP contribution < -0.4 is 5.32 Å². The molecule has 1 amide bonds. The van der Waals surface area contributed by atoms with Gasteiger partial charge in [-0.05, 0) is 59.1 Å². The van der Waals surface area contributed by atoms with Crippen LogP contribution in [0.3, 0.4) is 0 Å². The predicted molar refractivity (Wildman–Crippen MR) is 107 cm³/mol. The molecule has 0 aliphatic heterocycles. The summed E-state index contributed by atoms with van der Waals surface area (Å²) >= 11 is 1.15. The number of carbonyl (C=O) groups is 2. The van der Waals surface area contributed by atoms with Crippen LogP contribution in [-0.2, 0) is 23.8 Å². The third kappa shape index (κ3) is 9.03. The van der Waals surface area contributed by atoms with Crippen molar-refractivity contribution in [1.29, 1.82) is 0 Å². The summed E-state index contributed by atoms with van der Waals surface area (Å²) in [5.74, 6) is -0.452. The molecule has 8 nitrogen and oxygen atoms in total. The fourth-order valence-electron chi connectivity index (χ4n) is 2.34. The second kappa shape index (κ2) is 10.2. The Morgan fingerprint density at radius 3 is 2.46 bits per heavy atom. The van der Waals surface area contributed by atoms with Crippen LogP contribution in [-0.4, -0.2) is 45.5 Å². The maximum absolute atomic E-state index is 11.9. The highest BCUT2D eigenvalue weighted by Crippen LogP contribution is 2.34. The highest BCUT2D eigenvalue weighted by Gasteiger charge is 2.24. The molecule has 0 fully saturated rings. The third-order valence-corrected chi connectivity index (χ3v) is 5.22. The zero-order chi connectivity index (χ0) is 21.5. The van der Waals surface area contributed by atoms with Gasteiger partial charge in [0.1, 0.15) is 16.6 Å². The van der Waals surface area contributed by atoms with Gasteiger partial charge in [-0.15, -0.1) is 11.3 Å². The van der Waals surface area contributed by atoms with Crippen molar-refractivity contribution >= 4 is 33.5 Å². The monoisotopic (exact) mass is 435 g/mol. The van der Waals surface area contributed by atoms with Crippen LogP contribution in [0.2, 0.25) is 0 Å². The summed E-state index contributed by atoms with van der Waals surface area (Å²) < 4.78 is 38.7. The highest BCUT2D eigenvalue weighted by molar-refractivity contribution is 7.86. The molecule has 0 spiro atoms. The van der Waals surface area contributed by atoms with E-state index in [0.29, 0.717) is 29.1 Å². The fraction of sp³-hybridized carbons (Fsp3) is 0.667. The molecule has 0 aliphatic rings. The van der Waals surface area contributed by atoms with E-state index in [1.807, 2.05) is 0 Å². The maximum atomic E-state index is 11.9. The van der Waals surface area contributed by atoms with Gasteiger partial charge in [0.25, 0.3) is 10.1 Å². The average molecular weight is 436 g/mol. The molecule has 1 N–H and O–H groups in total. The number of esters is 1. The molecular formula is C18H29NO7S2. The fourth-order valence-corrected chi connectivity index (χ4v) is 4.15. The Labute approximate surface area is 170 Å². The van der Waals surface area contributed by atoms with Crippen molar-refractivity contribution in [2.45, 2.75) is 59.2 Å². The van der Waals surface area contributed by atoms with E-state index in [2.05, 4.69) is 5.32 Å². The Morgan fingerprint density at radius 1 is 1.29 bits per heavy atom. The van der Waals surface area contributed by atoms with Crippen LogP contribution in [0.5, 0.6) is 0 Å².